The molecule has 130 valence electrons. The zero-order valence-electron chi connectivity index (χ0n) is 13.5. The first-order valence-corrected chi connectivity index (χ1v) is 8.88. The molecule has 1 saturated heterocycles. The smallest absolute Gasteiger partial charge is 0.259 e. The minimum absolute atomic E-state index is 0.138. The van der Waals surface area contributed by atoms with Crippen molar-refractivity contribution in [3.8, 4) is 5.75 Å². The molecule has 0 unspecified atom stereocenters. The number of likely N-dealkylation sites (tertiary alicyclic amines) is 1. The van der Waals surface area contributed by atoms with Gasteiger partial charge in [-0.25, -0.2) is 0 Å². The molecule has 0 bridgehead atoms. The van der Waals surface area contributed by atoms with Gasteiger partial charge in [-0.15, -0.1) is 0 Å². The largest absolute Gasteiger partial charge is 0.494 e. The van der Waals surface area contributed by atoms with Gasteiger partial charge in [0.15, 0.2) is 5.75 Å². The Morgan fingerprint density at radius 3 is 2.33 bits per heavy atom. The van der Waals surface area contributed by atoms with Crippen LogP contribution in [0.2, 0.25) is 10.0 Å². The molecular formula is C17H20Cl2N2O3. The number of nitrogens with zero attached hydrogens (tertiary/aromatic N) is 1. The molecule has 1 N–H and O–H groups in total. The Balaban J connectivity index is 1.65. The van der Waals surface area contributed by atoms with Crippen LogP contribution in [-0.2, 0) is 4.79 Å². The van der Waals surface area contributed by atoms with Crippen molar-refractivity contribution in [2.75, 3.05) is 20.2 Å². The maximum Gasteiger partial charge on any atom is 0.259 e. The van der Waals surface area contributed by atoms with E-state index in [-0.39, 0.29) is 23.8 Å². The van der Waals surface area contributed by atoms with Crippen LogP contribution in [0.15, 0.2) is 12.1 Å². The molecule has 3 rings (SSSR count). The molecule has 1 saturated carbocycles. The first kappa shape index (κ1) is 17.4. The number of methoxy groups -OCH3 is 1. The van der Waals surface area contributed by atoms with E-state index in [1.54, 1.807) is 17.0 Å². The summed E-state index contributed by atoms with van der Waals surface area (Å²) < 4.78 is 5.26. The highest BCUT2D eigenvalue weighted by molar-refractivity contribution is 6.37. The van der Waals surface area contributed by atoms with Gasteiger partial charge in [-0.1, -0.05) is 23.2 Å². The van der Waals surface area contributed by atoms with Gasteiger partial charge >= 0.3 is 0 Å². The predicted molar refractivity (Wildman–Crippen MR) is 92.8 cm³/mol. The van der Waals surface area contributed by atoms with Crippen LogP contribution >= 0.6 is 23.2 Å². The lowest BCUT2D eigenvalue weighted by Gasteiger charge is -2.33. The monoisotopic (exact) mass is 370 g/mol. The normalized spacial score (nSPS) is 18.4. The standard InChI is InChI=1S/C17H20Cl2N2O3/c1-24-15-13(19)5-4-12(18)14(15)17(23)21-8-6-11(7-9-21)20-16(22)10-2-3-10/h4-5,10-11H,2-3,6-9H2,1H3,(H,20,22). The highest BCUT2D eigenvalue weighted by Gasteiger charge is 2.33. The SMILES string of the molecule is COc1c(Cl)ccc(Cl)c1C(=O)N1CCC(NC(=O)C2CC2)CC1. The molecule has 7 heteroatoms. The van der Waals surface area contributed by atoms with Crippen LogP contribution in [-0.4, -0.2) is 43.0 Å². The van der Waals surface area contributed by atoms with Crippen LogP contribution in [0.4, 0.5) is 0 Å². The number of halogens is 2. The van der Waals surface area contributed by atoms with Crippen LogP contribution in [0.3, 0.4) is 0 Å². The van der Waals surface area contributed by atoms with E-state index in [0.717, 1.165) is 25.7 Å². The Kier molecular flexibility index (Phi) is 5.21. The van der Waals surface area contributed by atoms with Gasteiger partial charge in [0, 0.05) is 25.0 Å². The summed E-state index contributed by atoms with van der Waals surface area (Å²) in [5, 5.41) is 3.76. The van der Waals surface area contributed by atoms with Gasteiger partial charge in [0.1, 0.15) is 5.56 Å². The fourth-order valence-electron chi connectivity index (χ4n) is 2.98. The molecule has 2 aliphatic rings. The molecule has 5 nitrogen and oxygen atoms in total. The molecule has 0 aromatic heterocycles. The number of rotatable bonds is 4. The maximum absolute atomic E-state index is 12.8. The topological polar surface area (TPSA) is 58.6 Å². The van der Waals surface area contributed by atoms with E-state index in [1.165, 1.54) is 7.11 Å². The summed E-state index contributed by atoms with van der Waals surface area (Å²) in [6.07, 6.45) is 3.47. The molecule has 2 amide bonds. The zero-order chi connectivity index (χ0) is 17.3. The van der Waals surface area contributed by atoms with Crippen molar-refractivity contribution < 1.29 is 14.3 Å². The third-order valence-electron chi connectivity index (χ3n) is 4.55. The van der Waals surface area contributed by atoms with Gasteiger partial charge in [0.05, 0.1) is 17.2 Å². The molecule has 1 heterocycles. The summed E-state index contributed by atoms with van der Waals surface area (Å²) in [5.74, 6) is 0.475. The minimum atomic E-state index is -0.189. The quantitative estimate of drug-likeness (QED) is 0.885. The van der Waals surface area contributed by atoms with Crippen molar-refractivity contribution in [1.82, 2.24) is 10.2 Å². The molecule has 1 aliphatic carbocycles. The molecule has 2 fully saturated rings. The lowest BCUT2D eigenvalue weighted by molar-refractivity contribution is -0.123. The number of piperidine rings is 1. The number of nitrogens with one attached hydrogen (secondary N) is 1. The first-order chi connectivity index (χ1) is 11.5. The van der Waals surface area contributed by atoms with Crippen molar-refractivity contribution >= 4 is 35.0 Å². The highest BCUT2D eigenvalue weighted by atomic mass is 35.5. The lowest BCUT2D eigenvalue weighted by atomic mass is 10.0. The van der Waals surface area contributed by atoms with Crippen molar-refractivity contribution in [1.29, 1.82) is 0 Å². The summed E-state index contributed by atoms with van der Waals surface area (Å²) in [6, 6.07) is 3.35. The van der Waals surface area contributed by atoms with Crippen molar-refractivity contribution in [3.63, 3.8) is 0 Å². The Bertz CT molecular complexity index is 653. The predicted octanol–water partition coefficient (Wildman–Crippen LogP) is 3.13. The molecular weight excluding hydrogens is 351 g/mol. The van der Waals surface area contributed by atoms with E-state index in [2.05, 4.69) is 5.32 Å². The molecule has 24 heavy (non-hydrogen) atoms. The summed E-state index contributed by atoms with van der Waals surface area (Å²) in [6.45, 7) is 1.14. The van der Waals surface area contributed by atoms with Crippen molar-refractivity contribution in [2.45, 2.75) is 31.7 Å². The number of hydrogen-bond acceptors (Lipinski definition) is 3. The number of ether oxygens (including phenoxy) is 1. The number of carbonyl (C=O) groups excluding carboxylic acids is 2. The summed E-state index contributed by atoms with van der Waals surface area (Å²) in [5.41, 5.74) is 0.298. The molecule has 0 spiro atoms. The van der Waals surface area contributed by atoms with E-state index in [1.807, 2.05) is 0 Å². The maximum atomic E-state index is 12.8. The van der Waals surface area contributed by atoms with E-state index in [9.17, 15) is 9.59 Å². The van der Waals surface area contributed by atoms with Crippen LogP contribution in [0.5, 0.6) is 5.75 Å². The van der Waals surface area contributed by atoms with Crippen LogP contribution in [0, 0.1) is 5.92 Å². The first-order valence-electron chi connectivity index (χ1n) is 8.13. The van der Waals surface area contributed by atoms with Crippen LogP contribution in [0.25, 0.3) is 0 Å². The summed E-state index contributed by atoms with van der Waals surface area (Å²) in [4.78, 5) is 26.4. The number of carbonyl (C=O) groups is 2. The second kappa shape index (κ2) is 7.19. The molecule has 1 aromatic carbocycles. The van der Waals surface area contributed by atoms with E-state index >= 15 is 0 Å². The average molecular weight is 371 g/mol. The summed E-state index contributed by atoms with van der Waals surface area (Å²) >= 11 is 12.3. The minimum Gasteiger partial charge on any atom is -0.494 e. The lowest BCUT2D eigenvalue weighted by Crippen LogP contribution is -2.47. The third kappa shape index (κ3) is 3.62. The van der Waals surface area contributed by atoms with Crippen LogP contribution in [0.1, 0.15) is 36.0 Å². The summed E-state index contributed by atoms with van der Waals surface area (Å²) in [7, 11) is 1.47. The second-order valence-electron chi connectivity index (χ2n) is 6.29. The van der Waals surface area contributed by atoms with Gasteiger partial charge in [-0.3, -0.25) is 9.59 Å². The van der Waals surface area contributed by atoms with Gasteiger partial charge in [-0.2, -0.15) is 0 Å². The van der Waals surface area contributed by atoms with Crippen molar-refractivity contribution in [2.24, 2.45) is 5.92 Å². The number of hydrogen-bond donors (Lipinski definition) is 1. The fourth-order valence-corrected chi connectivity index (χ4v) is 3.45. The second-order valence-corrected chi connectivity index (χ2v) is 7.10. The Morgan fingerprint density at radius 1 is 1.12 bits per heavy atom. The van der Waals surface area contributed by atoms with Gasteiger partial charge < -0.3 is 15.0 Å². The molecule has 1 aliphatic heterocycles. The fraction of sp³-hybridized carbons (Fsp3) is 0.529. The average Bonchev–Trinajstić information content (AvgIpc) is 3.42. The molecule has 0 radical (unpaired) electrons. The van der Waals surface area contributed by atoms with E-state index < -0.39 is 0 Å². The van der Waals surface area contributed by atoms with E-state index in [4.69, 9.17) is 27.9 Å². The zero-order valence-corrected chi connectivity index (χ0v) is 15.0. The van der Waals surface area contributed by atoms with Gasteiger partial charge in [-0.05, 0) is 37.8 Å². The highest BCUT2D eigenvalue weighted by Crippen LogP contribution is 2.35. The number of benzene rings is 1. The Hall–Kier alpha value is -1.46. The Labute approximate surface area is 151 Å². The molecule has 1 aromatic rings. The van der Waals surface area contributed by atoms with Gasteiger partial charge in [0.2, 0.25) is 5.91 Å². The van der Waals surface area contributed by atoms with Crippen molar-refractivity contribution in [3.05, 3.63) is 27.7 Å². The molecule has 0 atom stereocenters. The van der Waals surface area contributed by atoms with Crippen LogP contribution < -0.4 is 10.1 Å². The number of amides is 2. The van der Waals surface area contributed by atoms with Gasteiger partial charge in [0.25, 0.3) is 5.91 Å². The van der Waals surface area contributed by atoms with E-state index in [0.29, 0.717) is 34.4 Å². The third-order valence-corrected chi connectivity index (χ3v) is 5.17. The Morgan fingerprint density at radius 2 is 1.75 bits per heavy atom.